The predicted octanol–water partition coefficient (Wildman–Crippen LogP) is 4.15. The van der Waals surface area contributed by atoms with Crippen LogP contribution in [0.3, 0.4) is 0 Å². The van der Waals surface area contributed by atoms with Crippen LogP contribution in [-0.2, 0) is 142 Å². The molecule has 0 spiro atoms. The van der Waals surface area contributed by atoms with E-state index in [1.54, 1.807) is 67.6 Å². The van der Waals surface area contributed by atoms with Crippen LogP contribution in [0, 0.1) is 5.41 Å². The van der Waals surface area contributed by atoms with Gasteiger partial charge in [0.1, 0.15) is 69.5 Å². The minimum atomic E-state index is -1.25. The fourth-order valence-electron chi connectivity index (χ4n) is 10.3. The van der Waals surface area contributed by atoms with Crippen molar-refractivity contribution < 1.29 is 157 Å². The summed E-state index contributed by atoms with van der Waals surface area (Å²) in [6, 6.07) is 24.2. The highest BCUT2D eigenvalue weighted by molar-refractivity contribution is 7.25. The minimum absolute atomic E-state index is 0.0453. The van der Waals surface area contributed by atoms with Crippen molar-refractivity contribution in [3.63, 3.8) is 0 Å². The highest BCUT2D eigenvalue weighted by Gasteiger charge is 2.29. The van der Waals surface area contributed by atoms with Crippen molar-refractivity contribution in [1.82, 2.24) is 0 Å². The molecule has 6 atom stereocenters. The first-order valence-electron chi connectivity index (χ1n) is 37.3. The summed E-state index contributed by atoms with van der Waals surface area (Å²) in [7, 11) is 7.59. The fraction of sp³-hybridized carbons (Fsp3) is 0.595. The molecule has 35 nitrogen and oxygen atoms in total. The zero-order valence-electron chi connectivity index (χ0n) is 66.4. The summed E-state index contributed by atoms with van der Waals surface area (Å²) >= 11 is 2.87. The third-order valence-electron chi connectivity index (χ3n) is 15.8. The molecule has 0 fully saturated rings. The molecule has 646 valence electrons. The third kappa shape index (κ3) is 39.7. The second-order valence-electron chi connectivity index (χ2n) is 25.7. The normalized spacial score (nSPS) is 13.4. The van der Waals surface area contributed by atoms with Crippen molar-refractivity contribution in [3.05, 3.63) is 105 Å². The first-order valence-corrected chi connectivity index (χ1v) is 39.0. The van der Waals surface area contributed by atoms with Gasteiger partial charge in [-0.2, -0.15) is 0 Å². The summed E-state index contributed by atoms with van der Waals surface area (Å²) in [5, 5.41) is 13.1. The quantitative estimate of drug-likeness (QED) is 0.0242. The van der Waals surface area contributed by atoms with Gasteiger partial charge < -0.3 is 128 Å². The van der Waals surface area contributed by atoms with E-state index in [1.807, 2.05) is 24.3 Å². The predicted molar refractivity (Wildman–Crippen MR) is 418 cm³/mol. The number of ether oxygens (including phenoxy) is 26. The van der Waals surface area contributed by atoms with Crippen LogP contribution in [-0.4, -0.2) is 338 Å². The van der Waals surface area contributed by atoms with Crippen LogP contribution in [0.15, 0.2) is 94.5 Å². The molecule has 4 aromatic carbocycles. The Balaban J connectivity index is 1.04. The van der Waals surface area contributed by atoms with Gasteiger partial charge in [-0.05, 0) is 60.7 Å². The molecule has 116 heavy (non-hydrogen) atoms. The first-order chi connectivity index (χ1) is 56.4. The average molecular weight is 1680 g/mol. The Morgan fingerprint density at radius 1 is 0.319 bits per heavy atom. The molecule has 0 radical (unpaired) electrons. The molecule has 0 saturated carbocycles. The van der Waals surface area contributed by atoms with E-state index < -0.39 is 138 Å². The van der Waals surface area contributed by atoms with Gasteiger partial charge in [0, 0.05) is 81.3 Å². The van der Waals surface area contributed by atoms with Crippen LogP contribution in [0.2, 0.25) is 0 Å². The van der Waals surface area contributed by atoms with Gasteiger partial charge in [0.05, 0.1) is 178 Å². The van der Waals surface area contributed by atoms with E-state index in [4.69, 9.17) is 123 Å². The Labute approximate surface area is 679 Å². The second-order valence-corrected chi connectivity index (χ2v) is 27.9. The number of fused-ring (bicyclic) bond motifs is 4. The van der Waals surface area contributed by atoms with Gasteiger partial charge in [-0.1, -0.05) is 31.2 Å². The van der Waals surface area contributed by atoms with E-state index in [9.17, 15) is 43.5 Å². The molecule has 0 amide bonds. The minimum Gasteiger partial charge on any atom is -0.482 e. The van der Waals surface area contributed by atoms with Gasteiger partial charge in [-0.15, -0.1) is 22.7 Å². The maximum atomic E-state index is 13.5. The first kappa shape index (κ1) is 97.2. The van der Waals surface area contributed by atoms with Crippen LogP contribution in [0.4, 0.5) is 0 Å². The Bertz CT molecular complexity index is 3930. The molecule has 2 aromatic heterocycles. The van der Waals surface area contributed by atoms with Gasteiger partial charge in [0.25, 0.3) is 0 Å². The van der Waals surface area contributed by atoms with Crippen molar-refractivity contribution in [3.8, 4) is 11.5 Å². The van der Waals surface area contributed by atoms with E-state index in [2.05, 4.69) is 0 Å². The molecule has 6 unspecified atom stereocenters. The highest BCUT2D eigenvalue weighted by atomic mass is 32.1. The lowest BCUT2D eigenvalue weighted by Gasteiger charge is -2.29. The molecular formula is C79H108O35S2. The number of carbonyl (C=O) groups is 6. The van der Waals surface area contributed by atoms with Crippen molar-refractivity contribution in [2.75, 3.05) is 267 Å². The highest BCUT2D eigenvalue weighted by Crippen LogP contribution is 2.29. The topological polar surface area (TPSA) is 397 Å². The van der Waals surface area contributed by atoms with Gasteiger partial charge in [-0.3, -0.25) is 9.59 Å². The number of aliphatic hydroxyl groups excluding tert-OH is 1. The summed E-state index contributed by atoms with van der Waals surface area (Å²) in [5.74, 6) is -4.49. The van der Waals surface area contributed by atoms with Crippen molar-refractivity contribution in [2.45, 2.75) is 37.4 Å². The van der Waals surface area contributed by atoms with Gasteiger partial charge in [0.2, 0.25) is 0 Å². The molecule has 6 aromatic rings. The lowest BCUT2D eigenvalue weighted by atomic mass is 9.94. The number of hydrogen-bond donors (Lipinski definition) is 1. The van der Waals surface area contributed by atoms with Crippen LogP contribution in [0.25, 0.3) is 40.3 Å². The molecule has 0 bridgehead atoms. The molecule has 1 N–H and O–H groups in total. The smallest absolute Gasteiger partial charge is 0.344 e. The maximum Gasteiger partial charge on any atom is 0.344 e. The number of esters is 6. The van der Waals surface area contributed by atoms with Gasteiger partial charge >= 0.3 is 35.8 Å². The Hall–Kier alpha value is -7.68. The molecular weight excluding hydrogens is 1570 g/mol. The molecule has 6 rings (SSSR count). The third-order valence-corrected chi connectivity index (χ3v) is 18.1. The summed E-state index contributed by atoms with van der Waals surface area (Å²) in [6.45, 7) is -1.53. The Morgan fingerprint density at radius 3 is 1.02 bits per heavy atom. The number of rotatable bonds is 68. The van der Waals surface area contributed by atoms with E-state index in [1.165, 1.54) is 58.2 Å². The second kappa shape index (κ2) is 58.2. The lowest BCUT2D eigenvalue weighted by Crippen LogP contribution is -2.38. The number of aliphatic hydroxyl groups is 1. The van der Waals surface area contributed by atoms with E-state index in [0.717, 1.165) is 18.8 Å². The monoisotopic (exact) mass is 1680 g/mol. The van der Waals surface area contributed by atoms with Crippen LogP contribution >= 0.6 is 22.7 Å². The van der Waals surface area contributed by atoms with E-state index >= 15 is 0 Å². The average Bonchev–Trinajstić information content (AvgIpc) is 0.784. The Morgan fingerprint density at radius 2 is 0.621 bits per heavy atom. The fourth-order valence-corrected chi connectivity index (χ4v) is 12.4. The van der Waals surface area contributed by atoms with Crippen LogP contribution in [0.5, 0.6) is 11.5 Å². The standard InChI is InChI=1S/C79H108O35S2/c1-79(53-93-6,55-106-44-60(112-74(84)49-100-33-29-96-25-21-91-4)41-104-43-62(45-109-71(81)47-98-31-27-94-23-19-89-2)114-76(86)52-108-58-16-18-70-66(36-58)78(88)64-12-8-10-14-68(64)116-70)54-105-38-56(80)37-102-39-59(111-73(83)48-99-32-28-95-24-20-90-3)40-103-42-61(113-75(85)50-101-34-30-97-26-22-92-5)46-110-72(82)51-107-57-15-17-69-65(35-57)77(87)63-11-7-9-13-67(63)115-69/h7-18,35-36,56,59-62,80H,19-34,37-55H2,1-6H3. The molecule has 0 aliphatic heterocycles. The van der Waals surface area contributed by atoms with Crippen molar-refractivity contribution in [2.24, 2.45) is 5.41 Å². The van der Waals surface area contributed by atoms with Crippen LogP contribution in [0.1, 0.15) is 6.92 Å². The van der Waals surface area contributed by atoms with Gasteiger partial charge in [-0.25, -0.2) is 28.8 Å². The van der Waals surface area contributed by atoms with Crippen LogP contribution < -0.4 is 20.3 Å². The SMILES string of the molecule is COCCOCCOCC(=O)OCC(COCC(COCC(C)(COC)COCC(O)COCC(COCC(COC(=O)COc1ccc2sc3ccccc3c(=O)c2c1)OC(=O)COCCOCCOC)OC(=O)COCCOCCOC)OC(=O)COCCOCCOC)OC(=O)COc1ccc2sc3ccccc3c(=O)c2c1. The number of methoxy groups -OCH3 is 5. The molecule has 0 saturated heterocycles. The van der Waals surface area contributed by atoms with Crippen molar-refractivity contribution >= 4 is 98.8 Å². The summed E-state index contributed by atoms with van der Waals surface area (Å²) in [6.07, 6.45) is -6.00. The summed E-state index contributed by atoms with van der Waals surface area (Å²) < 4.78 is 147. The number of hydrogen-bond acceptors (Lipinski definition) is 37. The maximum absolute atomic E-state index is 13.5. The number of carbonyl (C=O) groups excluding carboxylic acids is 6. The molecule has 0 aliphatic carbocycles. The van der Waals surface area contributed by atoms with E-state index in [0.29, 0.717) is 74.4 Å². The number of benzene rings is 4. The molecule has 37 heteroatoms. The zero-order chi connectivity index (χ0) is 83.2. The van der Waals surface area contributed by atoms with Crippen molar-refractivity contribution in [1.29, 1.82) is 0 Å². The largest absolute Gasteiger partial charge is 0.482 e. The Kier molecular flexibility index (Phi) is 48.8. The summed E-state index contributed by atoms with van der Waals surface area (Å²) in [4.78, 5) is 106. The van der Waals surface area contributed by atoms with Gasteiger partial charge in [0.15, 0.2) is 36.3 Å². The molecule has 2 heterocycles. The lowest BCUT2D eigenvalue weighted by molar-refractivity contribution is -0.171. The van der Waals surface area contributed by atoms with E-state index in [-0.39, 0.29) is 135 Å². The molecule has 0 aliphatic rings. The summed E-state index contributed by atoms with van der Waals surface area (Å²) in [5.41, 5.74) is -1.29. The zero-order valence-corrected chi connectivity index (χ0v) is 68.0.